The number of anilines is 1. The van der Waals surface area contributed by atoms with E-state index in [0.717, 1.165) is 32.1 Å². The summed E-state index contributed by atoms with van der Waals surface area (Å²) in [4.78, 5) is 0. The van der Waals surface area contributed by atoms with Crippen LogP contribution in [0.2, 0.25) is 0 Å². The predicted octanol–water partition coefficient (Wildman–Crippen LogP) is 6.71. The molecule has 0 fully saturated rings. The highest BCUT2D eigenvalue weighted by Gasteiger charge is 2.20. The Morgan fingerprint density at radius 3 is 2.50 bits per heavy atom. The van der Waals surface area contributed by atoms with E-state index in [0.29, 0.717) is 11.1 Å². The first kappa shape index (κ1) is 17.7. The molecule has 3 aromatic carbocycles. The first-order chi connectivity index (χ1) is 11.4. The number of phenolic OH excluding ortho intramolecular Hbond substituents is 2. The van der Waals surface area contributed by atoms with Crippen LogP contribution in [0, 0.1) is 13.8 Å². The van der Waals surface area contributed by atoms with Crippen LogP contribution < -0.4 is 4.72 Å². The van der Waals surface area contributed by atoms with E-state index in [1.165, 1.54) is 9.12 Å². The molecular formula is C18H15BrINO2S. The lowest BCUT2D eigenvalue weighted by Gasteiger charge is -2.18. The van der Waals surface area contributed by atoms with Crippen molar-refractivity contribution in [3.05, 3.63) is 52.0 Å². The topological polar surface area (TPSA) is 52.5 Å². The summed E-state index contributed by atoms with van der Waals surface area (Å²) in [6.07, 6.45) is 0. The highest BCUT2D eigenvalue weighted by atomic mass is 127. The van der Waals surface area contributed by atoms with Gasteiger partial charge < -0.3 is 14.9 Å². The number of aryl methyl sites for hydroxylation is 1. The number of fused-ring (bicyclic) bond motifs is 1. The Labute approximate surface area is 165 Å². The second kappa shape index (κ2) is 7.01. The molecule has 0 spiro atoms. The Kier molecular flexibility index (Phi) is 5.17. The maximum atomic E-state index is 10.7. The third-order valence-corrected chi connectivity index (χ3v) is 5.56. The number of hydrogen-bond acceptors (Lipinski definition) is 4. The molecule has 0 unspecified atom stereocenters. The molecule has 3 nitrogen and oxygen atoms in total. The lowest BCUT2D eigenvalue weighted by Crippen LogP contribution is -1.95. The Morgan fingerprint density at radius 2 is 1.79 bits per heavy atom. The lowest BCUT2D eigenvalue weighted by atomic mass is 9.91. The standard InChI is InChI=1S/C18H15BrINO2S/c1-9-7-14(21-24-20)10(2)16(18(9)23)17-13-5-4-12(19)8-11(13)3-6-15(17)22/h3-8,21-23H,1-2H3. The molecule has 0 aromatic heterocycles. The van der Waals surface area contributed by atoms with Gasteiger partial charge >= 0.3 is 0 Å². The molecule has 0 aliphatic carbocycles. The summed E-state index contributed by atoms with van der Waals surface area (Å²) in [6, 6.07) is 11.4. The molecule has 3 aromatic rings. The molecule has 0 aliphatic rings. The number of nitrogens with one attached hydrogen (secondary N) is 1. The first-order valence-electron chi connectivity index (χ1n) is 7.22. The molecule has 3 rings (SSSR count). The molecule has 0 saturated carbocycles. The highest BCUT2D eigenvalue weighted by molar-refractivity contribution is 14.2. The Bertz CT molecular complexity index is 946. The average molecular weight is 516 g/mol. The maximum Gasteiger partial charge on any atom is 0.126 e. The van der Waals surface area contributed by atoms with Gasteiger partial charge in [-0.05, 0) is 60.0 Å². The van der Waals surface area contributed by atoms with Gasteiger partial charge in [-0.2, -0.15) is 0 Å². The predicted molar refractivity (Wildman–Crippen MR) is 115 cm³/mol. The summed E-state index contributed by atoms with van der Waals surface area (Å²) < 4.78 is 4.21. The van der Waals surface area contributed by atoms with E-state index < -0.39 is 0 Å². The van der Waals surface area contributed by atoms with Crippen molar-refractivity contribution in [2.75, 3.05) is 4.72 Å². The van der Waals surface area contributed by atoms with Gasteiger partial charge in [0.2, 0.25) is 0 Å². The van der Waals surface area contributed by atoms with Crippen molar-refractivity contribution in [3.8, 4) is 22.6 Å². The Morgan fingerprint density at radius 1 is 1.04 bits per heavy atom. The molecule has 0 bridgehead atoms. The van der Waals surface area contributed by atoms with Crippen LogP contribution in [0.15, 0.2) is 40.9 Å². The molecule has 24 heavy (non-hydrogen) atoms. The number of rotatable bonds is 3. The van der Waals surface area contributed by atoms with Gasteiger partial charge in [-0.25, -0.2) is 0 Å². The summed E-state index contributed by atoms with van der Waals surface area (Å²) in [5, 5.41) is 23.1. The van der Waals surface area contributed by atoms with Gasteiger partial charge in [0.1, 0.15) is 11.5 Å². The fourth-order valence-corrected chi connectivity index (χ4v) is 4.29. The van der Waals surface area contributed by atoms with Gasteiger partial charge in [-0.3, -0.25) is 0 Å². The lowest BCUT2D eigenvalue weighted by molar-refractivity contribution is 0.467. The zero-order valence-electron chi connectivity index (χ0n) is 13.0. The van der Waals surface area contributed by atoms with Crippen molar-refractivity contribution in [3.63, 3.8) is 0 Å². The highest BCUT2D eigenvalue weighted by Crippen LogP contribution is 2.46. The SMILES string of the molecule is Cc1cc(NSI)c(C)c(-c2c(O)ccc3cc(Br)ccc23)c1O. The number of phenols is 2. The second-order valence-corrected chi connectivity index (χ2v) is 8.19. The summed E-state index contributed by atoms with van der Waals surface area (Å²) in [5.41, 5.74) is 3.90. The van der Waals surface area contributed by atoms with Crippen molar-refractivity contribution in [1.29, 1.82) is 0 Å². The summed E-state index contributed by atoms with van der Waals surface area (Å²) >= 11 is 5.65. The van der Waals surface area contributed by atoms with Crippen LogP contribution >= 0.6 is 46.3 Å². The molecule has 3 N–H and O–H groups in total. The minimum absolute atomic E-state index is 0.155. The third kappa shape index (κ3) is 3.07. The monoisotopic (exact) mass is 515 g/mol. The van der Waals surface area contributed by atoms with Gasteiger partial charge in [0.05, 0.1) is 0 Å². The van der Waals surface area contributed by atoms with E-state index >= 15 is 0 Å². The summed E-state index contributed by atoms with van der Waals surface area (Å²) in [6.45, 7) is 3.81. The molecule has 0 amide bonds. The van der Waals surface area contributed by atoms with Gasteiger partial charge in [-0.1, -0.05) is 28.1 Å². The Hall–Kier alpha value is -1.12. The fraction of sp³-hybridized carbons (Fsp3) is 0.111. The van der Waals surface area contributed by atoms with E-state index in [2.05, 4.69) is 41.9 Å². The van der Waals surface area contributed by atoms with Crippen LogP contribution in [0.25, 0.3) is 21.9 Å². The maximum absolute atomic E-state index is 10.7. The zero-order valence-corrected chi connectivity index (χ0v) is 17.6. The van der Waals surface area contributed by atoms with E-state index in [1.54, 1.807) is 6.07 Å². The summed E-state index contributed by atoms with van der Waals surface area (Å²) in [7, 11) is 1.47. The van der Waals surface area contributed by atoms with E-state index in [9.17, 15) is 10.2 Å². The van der Waals surface area contributed by atoms with E-state index in [4.69, 9.17) is 0 Å². The number of benzene rings is 3. The average Bonchev–Trinajstić information content (AvgIpc) is 2.55. The van der Waals surface area contributed by atoms with E-state index in [-0.39, 0.29) is 11.5 Å². The van der Waals surface area contributed by atoms with Crippen LogP contribution in [0.4, 0.5) is 5.69 Å². The van der Waals surface area contributed by atoms with Gasteiger partial charge in [0.15, 0.2) is 0 Å². The molecule has 0 saturated heterocycles. The van der Waals surface area contributed by atoms with Crippen LogP contribution in [-0.2, 0) is 0 Å². The van der Waals surface area contributed by atoms with Crippen molar-refractivity contribution in [2.45, 2.75) is 13.8 Å². The minimum Gasteiger partial charge on any atom is -0.507 e. The molecule has 0 radical (unpaired) electrons. The van der Waals surface area contributed by atoms with Gasteiger partial charge in [-0.15, -0.1) is 0 Å². The van der Waals surface area contributed by atoms with Crippen LogP contribution in [0.5, 0.6) is 11.5 Å². The molecule has 0 atom stereocenters. The minimum atomic E-state index is 0.155. The molecule has 0 aliphatic heterocycles. The van der Waals surface area contributed by atoms with Crippen molar-refractivity contribution in [1.82, 2.24) is 0 Å². The number of aromatic hydroxyl groups is 2. The van der Waals surface area contributed by atoms with Crippen LogP contribution in [-0.4, -0.2) is 10.2 Å². The molecule has 6 heteroatoms. The fourth-order valence-electron chi connectivity index (χ4n) is 2.91. The number of halogens is 2. The van der Waals surface area contributed by atoms with Crippen LogP contribution in [0.1, 0.15) is 11.1 Å². The molecule has 0 heterocycles. The smallest absolute Gasteiger partial charge is 0.126 e. The second-order valence-electron chi connectivity index (χ2n) is 5.59. The normalized spacial score (nSPS) is 11.0. The Balaban J connectivity index is 2.41. The quantitative estimate of drug-likeness (QED) is 0.206. The van der Waals surface area contributed by atoms with E-state index in [1.807, 2.05) is 44.2 Å². The number of hydrogen-bond donors (Lipinski definition) is 3. The zero-order chi connectivity index (χ0) is 17.4. The third-order valence-electron chi connectivity index (χ3n) is 4.11. The first-order valence-corrected chi connectivity index (χ1v) is 11.4. The largest absolute Gasteiger partial charge is 0.507 e. The molecule has 124 valence electrons. The summed E-state index contributed by atoms with van der Waals surface area (Å²) in [5.74, 6) is 0.351. The van der Waals surface area contributed by atoms with Crippen LogP contribution in [0.3, 0.4) is 0 Å². The van der Waals surface area contributed by atoms with Gasteiger partial charge in [0.25, 0.3) is 0 Å². The van der Waals surface area contributed by atoms with Crippen molar-refractivity contribution in [2.24, 2.45) is 0 Å². The molecular weight excluding hydrogens is 501 g/mol. The van der Waals surface area contributed by atoms with Crippen molar-refractivity contribution < 1.29 is 10.2 Å². The van der Waals surface area contributed by atoms with Crippen molar-refractivity contribution >= 4 is 62.7 Å². The van der Waals surface area contributed by atoms with Gasteiger partial charge in [0, 0.05) is 51.6 Å².